The van der Waals surface area contributed by atoms with Gasteiger partial charge in [-0.15, -0.1) is 0 Å². The van der Waals surface area contributed by atoms with Crippen LogP contribution in [0.2, 0.25) is 0 Å². The third-order valence-electron chi connectivity index (χ3n) is 2.15. The largest absolute Gasteiger partial charge is 0.508 e. The van der Waals surface area contributed by atoms with Gasteiger partial charge in [0, 0.05) is 25.7 Å². The molecule has 72 valence electrons. The van der Waals surface area contributed by atoms with E-state index in [0.717, 1.165) is 16.6 Å². The molecule has 0 saturated heterocycles. The molecule has 0 spiro atoms. The molecule has 3 heteroatoms. The Kier molecular flexibility index (Phi) is 2.00. The van der Waals surface area contributed by atoms with Crippen LogP contribution >= 0.6 is 0 Å². The van der Waals surface area contributed by atoms with E-state index in [2.05, 4.69) is 4.98 Å². The molecule has 1 heterocycles. The molecule has 14 heavy (non-hydrogen) atoms. The molecule has 0 radical (unpaired) electrons. The summed E-state index contributed by atoms with van der Waals surface area (Å²) >= 11 is 0. The van der Waals surface area contributed by atoms with Gasteiger partial charge in [0.05, 0.1) is 0 Å². The summed E-state index contributed by atoms with van der Waals surface area (Å²) in [4.78, 5) is 6.24. The second kappa shape index (κ2) is 3.18. The van der Waals surface area contributed by atoms with Gasteiger partial charge in [-0.05, 0) is 29.7 Å². The summed E-state index contributed by atoms with van der Waals surface area (Å²) in [5, 5.41) is 11.4. The van der Waals surface area contributed by atoms with Crippen LogP contribution in [0.15, 0.2) is 30.5 Å². The molecule has 0 aliphatic rings. The van der Waals surface area contributed by atoms with E-state index in [1.54, 1.807) is 18.3 Å². The Labute approximate surface area is 82.6 Å². The number of rotatable bonds is 1. The van der Waals surface area contributed by atoms with E-state index < -0.39 is 0 Å². The minimum atomic E-state index is 0.286. The van der Waals surface area contributed by atoms with Crippen LogP contribution in [0.3, 0.4) is 0 Å². The Morgan fingerprint density at radius 1 is 1.21 bits per heavy atom. The SMILES string of the molecule is CN(C)c1nccc2cc(O)ccc12. The number of hydrogen-bond acceptors (Lipinski definition) is 3. The van der Waals surface area contributed by atoms with Crippen molar-refractivity contribution in [3.63, 3.8) is 0 Å². The van der Waals surface area contributed by atoms with Crippen molar-refractivity contribution < 1.29 is 5.11 Å². The molecule has 3 nitrogen and oxygen atoms in total. The fourth-order valence-electron chi connectivity index (χ4n) is 1.51. The zero-order valence-electron chi connectivity index (χ0n) is 8.23. The van der Waals surface area contributed by atoms with Crippen LogP contribution in [-0.2, 0) is 0 Å². The van der Waals surface area contributed by atoms with Crippen molar-refractivity contribution in [2.75, 3.05) is 19.0 Å². The molecular weight excluding hydrogens is 176 g/mol. The first-order valence-electron chi connectivity index (χ1n) is 4.43. The molecular formula is C11H12N2O. The molecule has 0 unspecified atom stereocenters. The smallest absolute Gasteiger partial charge is 0.135 e. The second-order valence-electron chi connectivity index (χ2n) is 3.43. The van der Waals surface area contributed by atoms with Crippen molar-refractivity contribution in [2.45, 2.75) is 0 Å². The van der Waals surface area contributed by atoms with E-state index in [1.165, 1.54) is 0 Å². The fraction of sp³-hybridized carbons (Fsp3) is 0.182. The average molecular weight is 188 g/mol. The van der Waals surface area contributed by atoms with E-state index in [0.29, 0.717) is 0 Å². The van der Waals surface area contributed by atoms with Gasteiger partial charge in [-0.3, -0.25) is 0 Å². The number of aromatic nitrogens is 1. The van der Waals surface area contributed by atoms with Crippen LogP contribution in [0, 0.1) is 0 Å². The molecule has 0 saturated carbocycles. The lowest BCUT2D eigenvalue weighted by Crippen LogP contribution is -2.10. The lowest BCUT2D eigenvalue weighted by molar-refractivity contribution is 0.476. The summed E-state index contributed by atoms with van der Waals surface area (Å²) in [5.41, 5.74) is 0. The highest BCUT2D eigenvalue weighted by Crippen LogP contribution is 2.25. The van der Waals surface area contributed by atoms with Gasteiger partial charge in [-0.2, -0.15) is 0 Å². The van der Waals surface area contributed by atoms with Crippen molar-refractivity contribution >= 4 is 16.6 Å². The summed E-state index contributed by atoms with van der Waals surface area (Å²) in [6.45, 7) is 0. The topological polar surface area (TPSA) is 36.4 Å². The van der Waals surface area contributed by atoms with Gasteiger partial charge in [0.15, 0.2) is 0 Å². The maximum Gasteiger partial charge on any atom is 0.135 e. The maximum absolute atomic E-state index is 9.33. The number of aromatic hydroxyl groups is 1. The number of pyridine rings is 1. The molecule has 1 aromatic carbocycles. The Hall–Kier alpha value is -1.77. The van der Waals surface area contributed by atoms with Gasteiger partial charge in [0.2, 0.25) is 0 Å². The summed E-state index contributed by atoms with van der Waals surface area (Å²) in [5.74, 6) is 1.20. The first-order chi connectivity index (χ1) is 6.68. The van der Waals surface area contributed by atoms with Crippen LogP contribution in [0.4, 0.5) is 5.82 Å². The molecule has 0 aliphatic carbocycles. The number of hydrogen-bond donors (Lipinski definition) is 1. The van der Waals surface area contributed by atoms with Gasteiger partial charge in [-0.25, -0.2) is 4.98 Å². The van der Waals surface area contributed by atoms with Crippen molar-refractivity contribution in [3.05, 3.63) is 30.5 Å². The van der Waals surface area contributed by atoms with Crippen molar-refractivity contribution in [1.82, 2.24) is 4.98 Å². The highest BCUT2D eigenvalue weighted by Gasteiger charge is 2.03. The quantitative estimate of drug-likeness (QED) is 0.743. The zero-order chi connectivity index (χ0) is 10.1. The standard InChI is InChI=1S/C11H12N2O/c1-13(2)11-10-4-3-9(14)7-8(10)5-6-12-11/h3-7,14H,1-2H3. The van der Waals surface area contributed by atoms with Crippen LogP contribution in [0.5, 0.6) is 5.75 Å². The molecule has 1 N–H and O–H groups in total. The summed E-state index contributed by atoms with van der Waals surface area (Å²) in [7, 11) is 3.91. The first-order valence-corrected chi connectivity index (χ1v) is 4.43. The zero-order valence-corrected chi connectivity index (χ0v) is 8.23. The third-order valence-corrected chi connectivity index (χ3v) is 2.15. The van der Waals surface area contributed by atoms with E-state index in [4.69, 9.17) is 0 Å². The molecule has 1 aromatic heterocycles. The highest BCUT2D eigenvalue weighted by atomic mass is 16.3. The molecule has 0 amide bonds. The lowest BCUT2D eigenvalue weighted by atomic mass is 10.1. The van der Waals surface area contributed by atoms with Crippen LogP contribution in [-0.4, -0.2) is 24.2 Å². The van der Waals surface area contributed by atoms with Gasteiger partial charge < -0.3 is 10.0 Å². The minimum absolute atomic E-state index is 0.286. The fourth-order valence-corrected chi connectivity index (χ4v) is 1.51. The number of phenols is 1. The number of benzene rings is 1. The molecule has 0 bridgehead atoms. The lowest BCUT2D eigenvalue weighted by Gasteiger charge is -2.13. The van der Waals surface area contributed by atoms with Gasteiger partial charge >= 0.3 is 0 Å². The number of anilines is 1. The Morgan fingerprint density at radius 3 is 2.71 bits per heavy atom. The normalized spacial score (nSPS) is 10.4. The summed E-state index contributed by atoms with van der Waals surface area (Å²) in [6, 6.07) is 7.19. The Balaban J connectivity index is 2.75. The number of fused-ring (bicyclic) bond motifs is 1. The minimum Gasteiger partial charge on any atom is -0.508 e. The molecule has 0 aliphatic heterocycles. The number of nitrogens with zero attached hydrogens (tertiary/aromatic N) is 2. The average Bonchev–Trinajstić information content (AvgIpc) is 2.16. The Bertz CT molecular complexity index is 466. The molecule has 0 fully saturated rings. The van der Waals surface area contributed by atoms with E-state index in [9.17, 15) is 5.11 Å². The van der Waals surface area contributed by atoms with Gasteiger partial charge in [0.1, 0.15) is 11.6 Å². The third kappa shape index (κ3) is 1.37. The second-order valence-corrected chi connectivity index (χ2v) is 3.43. The Morgan fingerprint density at radius 2 is 2.00 bits per heavy atom. The van der Waals surface area contributed by atoms with E-state index in [1.807, 2.05) is 31.1 Å². The first kappa shape index (κ1) is 8.81. The highest BCUT2D eigenvalue weighted by molar-refractivity contribution is 5.92. The van der Waals surface area contributed by atoms with Crippen molar-refractivity contribution in [3.8, 4) is 5.75 Å². The summed E-state index contributed by atoms with van der Waals surface area (Å²) < 4.78 is 0. The van der Waals surface area contributed by atoms with E-state index >= 15 is 0 Å². The molecule has 2 rings (SSSR count). The van der Waals surface area contributed by atoms with Crippen molar-refractivity contribution in [2.24, 2.45) is 0 Å². The summed E-state index contributed by atoms with van der Waals surface area (Å²) in [6.07, 6.45) is 1.75. The number of phenolic OH excluding ortho intramolecular Hbond substituents is 1. The molecule has 0 atom stereocenters. The van der Waals surface area contributed by atoms with E-state index in [-0.39, 0.29) is 5.75 Å². The predicted octanol–water partition coefficient (Wildman–Crippen LogP) is 2.01. The van der Waals surface area contributed by atoms with Gasteiger partial charge in [0.25, 0.3) is 0 Å². The predicted molar refractivity (Wildman–Crippen MR) is 57.7 cm³/mol. The van der Waals surface area contributed by atoms with Crippen LogP contribution in [0.1, 0.15) is 0 Å². The van der Waals surface area contributed by atoms with Crippen molar-refractivity contribution in [1.29, 1.82) is 0 Å². The van der Waals surface area contributed by atoms with Gasteiger partial charge in [-0.1, -0.05) is 0 Å². The monoisotopic (exact) mass is 188 g/mol. The molecule has 2 aromatic rings. The maximum atomic E-state index is 9.33. The van der Waals surface area contributed by atoms with Crippen LogP contribution < -0.4 is 4.90 Å². The van der Waals surface area contributed by atoms with Crippen LogP contribution in [0.25, 0.3) is 10.8 Å².